The highest BCUT2D eigenvalue weighted by Gasteiger charge is 2.38. The molecule has 32 heavy (non-hydrogen) atoms. The van der Waals surface area contributed by atoms with E-state index in [-0.39, 0.29) is 31.7 Å². The Bertz CT molecular complexity index is 1010. The molecule has 0 aromatic heterocycles. The first-order valence-electron chi connectivity index (χ1n) is 9.92. The first-order valence-corrected chi connectivity index (χ1v) is 9.92. The molecule has 0 aliphatic carbocycles. The van der Waals surface area contributed by atoms with Crippen LogP contribution in [0.3, 0.4) is 0 Å². The number of carbonyl (C=O) groups excluding carboxylic acids is 3. The van der Waals surface area contributed by atoms with Gasteiger partial charge in [-0.3, -0.25) is 14.4 Å². The van der Waals surface area contributed by atoms with Crippen molar-refractivity contribution in [3.63, 3.8) is 0 Å². The van der Waals surface area contributed by atoms with Crippen molar-refractivity contribution in [2.75, 3.05) is 18.4 Å². The fraction of sp³-hybridized carbons (Fsp3) is 0.318. The fourth-order valence-electron chi connectivity index (χ4n) is 3.49. The summed E-state index contributed by atoms with van der Waals surface area (Å²) < 4.78 is 51.8. The van der Waals surface area contributed by atoms with Gasteiger partial charge in [0, 0.05) is 25.3 Å². The summed E-state index contributed by atoms with van der Waals surface area (Å²) in [4.78, 5) is 40.4. The lowest BCUT2D eigenvalue weighted by Gasteiger charge is -2.37. The third-order valence-corrected chi connectivity index (χ3v) is 5.15. The molecule has 1 fully saturated rings. The first kappa shape index (κ1) is 23.2. The van der Waals surface area contributed by atoms with Gasteiger partial charge in [0.15, 0.2) is 0 Å². The zero-order chi connectivity index (χ0) is 23.5. The molecule has 170 valence electrons. The Labute approximate surface area is 181 Å². The zero-order valence-electron chi connectivity index (χ0n) is 17.2. The largest absolute Gasteiger partial charge is 0.416 e. The van der Waals surface area contributed by atoms with Crippen molar-refractivity contribution >= 4 is 23.4 Å². The molecule has 1 aliphatic rings. The molecule has 1 heterocycles. The number of alkyl halides is 3. The van der Waals surface area contributed by atoms with Gasteiger partial charge in [0.05, 0.1) is 5.56 Å². The number of rotatable bonds is 6. The molecule has 3 rings (SSSR count). The van der Waals surface area contributed by atoms with E-state index in [2.05, 4.69) is 5.32 Å². The van der Waals surface area contributed by atoms with Crippen LogP contribution >= 0.6 is 0 Å². The molecule has 1 N–H and O–H groups in total. The van der Waals surface area contributed by atoms with Crippen LogP contribution in [0, 0.1) is 5.82 Å². The topological polar surface area (TPSA) is 69.7 Å². The van der Waals surface area contributed by atoms with E-state index in [4.69, 9.17) is 0 Å². The van der Waals surface area contributed by atoms with Crippen molar-refractivity contribution < 1.29 is 31.9 Å². The minimum absolute atomic E-state index is 0.0583. The smallest absolute Gasteiger partial charge is 0.328 e. The number of halogens is 4. The molecule has 1 saturated heterocycles. The molecular weight excluding hydrogens is 430 g/mol. The Morgan fingerprint density at radius 1 is 1.06 bits per heavy atom. The molecule has 2 aromatic carbocycles. The van der Waals surface area contributed by atoms with Crippen LogP contribution in [0.4, 0.5) is 23.2 Å². The maximum atomic E-state index is 13.1. The Hall–Kier alpha value is -3.43. The number of benzene rings is 2. The average molecular weight is 451 g/mol. The van der Waals surface area contributed by atoms with E-state index in [1.807, 2.05) is 0 Å². The van der Waals surface area contributed by atoms with Crippen LogP contribution < -0.4 is 5.32 Å². The summed E-state index contributed by atoms with van der Waals surface area (Å²) in [5.41, 5.74) is -0.323. The maximum Gasteiger partial charge on any atom is 0.416 e. The highest BCUT2D eigenvalue weighted by Crippen LogP contribution is 2.30. The van der Waals surface area contributed by atoms with Gasteiger partial charge in [-0.25, -0.2) is 4.39 Å². The molecule has 1 atom stereocenters. The van der Waals surface area contributed by atoms with Gasteiger partial charge in [-0.05, 0) is 42.3 Å². The molecule has 0 spiro atoms. The minimum atomic E-state index is -4.56. The zero-order valence-corrected chi connectivity index (χ0v) is 17.2. The van der Waals surface area contributed by atoms with Crippen molar-refractivity contribution in [2.24, 2.45) is 0 Å². The van der Waals surface area contributed by atoms with Gasteiger partial charge in [-0.2, -0.15) is 13.2 Å². The average Bonchev–Trinajstić information content (AvgIpc) is 2.74. The van der Waals surface area contributed by atoms with E-state index in [0.29, 0.717) is 5.56 Å². The molecule has 10 heteroatoms. The third kappa shape index (κ3) is 5.24. The van der Waals surface area contributed by atoms with Crippen molar-refractivity contribution in [1.82, 2.24) is 9.80 Å². The molecule has 0 radical (unpaired) electrons. The second-order valence-electron chi connectivity index (χ2n) is 7.34. The van der Waals surface area contributed by atoms with Crippen LogP contribution in [0.1, 0.15) is 24.5 Å². The lowest BCUT2D eigenvalue weighted by Crippen LogP contribution is -2.59. The standard InChI is InChI=1S/C22H21F4N3O3/c1-2-18(19(30)27-17-5-3-4-15(12-17)22(24,25)26)29-11-10-28(20(31)21(29)32)13-14-6-8-16(23)9-7-14/h3-9,12,18H,2,10-11,13H2,1H3,(H,27,30)/t18-/m1/s1. The van der Waals surface area contributed by atoms with E-state index in [1.54, 1.807) is 6.92 Å². The van der Waals surface area contributed by atoms with Crippen molar-refractivity contribution in [1.29, 1.82) is 0 Å². The van der Waals surface area contributed by atoms with Gasteiger partial charge < -0.3 is 15.1 Å². The van der Waals surface area contributed by atoms with Crippen LogP contribution in [0.15, 0.2) is 48.5 Å². The van der Waals surface area contributed by atoms with E-state index in [1.165, 1.54) is 41.3 Å². The number of carbonyl (C=O) groups is 3. The number of amides is 3. The Morgan fingerprint density at radius 3 is 2.38 bits per heavy atom. The quantitative estimate of drug-likeness (QED) is 0.541. The van der Waals surface area contributed by atoms with Crippen LogP contribution in [0.2, 0.25) is 0 Å². The number of piperazine rings is 1. The molecule has 3 amide bonds. The predicted octanol–water partition coefficient (Wildman–Crippen LogP) is 3.43. The van der Waals surface area contributed by atoms with Crippen molar-refractivity contribution in [3.05, 3.63) is 65.5 Å². The highest BCUT2D eigenvalue weighted by molar-refractivity contribution is 6.35. The van der Waals surface area contributed by atoms with Crippen molar-refractivity contribution in [2.45, 2.75) is 32.1 Å². The van der Waals surface area contributed by atoms with Gasteiger partial charge >= 0.3 is 18.0 Å². The number of hydrogen-bond donors (Lipinski definition) is 1. The lowest BCUT2D eigenvalue weighted by molar-refractivity contribution is -0.159. The first-order chi connectivity index (χ1) is 15.1. The van der Waals surface area contributed by atoms with Gasteiger partial charge in [0.1, 0.15) is 11.9 Å². The number of nitrogens with one attached hydrogen (secondary N) is 1. The van der Waals surface area contributed by atoms with Gasteiger partial charge in [-0.1, -0.05) is 25.1 Å². The van der Waals surface area contributed by atoms with Gasteiger partial charge in [-0.15, -0.1) is 0 Å². The van der Waals surface area contributed by atoms with E-state index in [9.17, 15) is 31.9 Å². The normalized spacial score (nSPS) is 15.7. The summed E-state index contributed by atoms with van der Waals surface area (Å²) in [6.45, 7) is 2.00. The molecule has 0 unspecified atom stereocenters. The lowest BCUT2D eigenvalue weighted by atomic mass is 10.1. The molecule has 0 saturated carbocycles. The van der Waals surface area contributed by atoms with Crippen LogP contribution in [0.25, 0.3) is 0 Å². The van der Waals surface area contributed by atoms with Crippen LogP contribution in [-0.4, -0.2) is 46.7 Å². The van der Waals surface area contributed by atoms with Gasteiger partial charge in [0.2, 0.25) is 5.91 Å². The number of nitrogens with zero attached hydrogens (tertiary/aromatic N) is 2. The van der Waals surface area contributed by atoms with Crippen LogP contribution in [-0.2, 0) is 27.1 Å². The summed E-state index contributed by atoms with van der Waals surface area (Å²) in [6, 6.07) is 8.68. The Morgan fingerprint density at radius 2 is 1.75 bits per heavy atom. The second-order valence-corrected chi connectivity index (χ2v) is 7.34. The molecular formula is C22H21F4N3O3. The van der Waals surface area contributed by atoms with Crippen molar-refractivity contribution in [3.8, 4) is 0 Å². The SMILES string of the molecule is CC[C@H](C(=O)Nc1cccc(C(F)(F)F)c1)N1CCN(Cc2ccc(F)cc2)C(=O)C1=O. The summed E-state index contributed by atoms with van der Waals surface area (Å²) in [5, 5.41) is 2.40. The van der Waals surface area contributed by atoms with E-state index in [0.717, 1.165) is 17.0 Å². The summed E-state index contributed by atoms with van der Waals surface area (Å²) in [5.74, 6) is -2.77. The van der Waals surface area contributed by atoms with Gasteiger partial charge in [0.25, 0.3) is 0 Å². The minimum Gasteiger partial charge on any atom is -0.328 e. The third-order valence-electron chi connectivity index (χ3n) is 5.15. The Balaban J connectivity index is 1.68. The van der Waals surface area contributed by atoms with E-state index >= 15 is 0 Å². The molecule has 6 nitrogen and oxygen atoms in total. The Kier molecular flexibility index (Phi) is 6.81. The monoisotopic (exact) mass is 451 g/mol. The highest BCUT2D eigenvalue weighted by atomic mass is 19.4. The number of hydrogen-bond acceptors (Lipinski definition) is 3. The summed E-state index contributed by atoms with van der Waals surface area (Å²) in [6.07, 6.45) is -4.39. The molecule has 0 bridgehead atoms. The molecule has 1 aliphatic heterocycles. The van der Waals surface area contributed by atoms with Crippen LogP contribution in [0.5, 0.6) is 0 Å². The van der Waals surface area contributed by atoms with E-state index < -0.39 is 41.3 Å². The summed E-state index contributed by atoms with van der Waals surface area (Å²) >= 11 is 0. The summed E-state index contributed by atoms with van der Waals surface area (Å²) in [7, 11) is 0. The predicted molar refractivity (Wildman–Crippen MR) is 108 cm³/mol. The maximum absolute atomic E-state index is 13.1. The second kappa shape index (κ2) is 9.37. The fourth-order valence-corrected chi connectivity index (χ4v) is 3.49. The number of anilines is 1. The molecule has 2 aromatic rings.